The zero-order chi connectivity index (χ0) is 17.7. The Morgan fingerprint density at radius 2 is 1.64 bits per heavy atom. The van der Waals surface area contributed by atoms with E-state index in [9.17, 15) is 18.3 Å². The third-order valence-electron chi connectivity index (χ3n) is 3.00. The van der Waals surface area contributed by atoms with Gasteiger partial charge in [-0.25, -0.2) is 4.79 Å². The fourth-order valence-electron chi connectivity index (χ4n) is 1.84. The van der Waals surface area contributed by atoms with Gasteiger partial charge in [0.05, 0.1) is 11.5 Å². The SMILES string of the molecule is CCOC(=O)c1cc(C#Cc2ccc(S(=O)(=O)O)cc2)ccc1O.[KH]. The molecule has 0 aliphatic heterocycles. The van der Waals surface area contributed by atoms with Crippen LogP contribution in [-0.4, -0.2) is 82.0 Å². The van der Waals surface area contributed by atoms with E-state index in [-0.39, 0.29) is 74.2 Å². The van der Waals surface area contributed by atoms with Crippen LogP contribution < -0.4 is 0 Å². The fraction of sp³-hybridized carbons (Fsp3) is 0.118. The van der Waals surface area contributed by atoms with Gasteiger partial charge in [-0.1, -0.05) is 11.8 Å². The molecular formula is C17H15KO6S. The second kappa shape index (κ2) is 9.50. The third-order valence-corrected chi connectivity index (χ3v) is 3.86. The van der Waals surface area contributed by atoms with Gasteiger partial charge in [0.25, 0.3) is 10.1 Å². The van der Waals surface area contributed by atoms with Gasteiger partial charge in [-0.15, -0.1) is 0 Å². The Kier molecular flexibility index (Phi) is 8.30. The molecule has 2 N–H and O–H groups in total. The maximum absolute atomic E-state index is 11.7. The van der Waals surface area contributed by atoms with E-state index in [0.29, 0.717) is 11.1 Å². The Morgan fingerprint density at radius 3 is 2.20 bits per heavy atom. The number of rotatable bonds is 3. The second-order valence-electron chi connectivity index (χ2n) is 4.70. The Bertz CT molecular complexity index is 924. The zero-order valence-electron chi connectivity index (χ0n) is 12.7. The molecule has 0 heterocycles. The predicted octanol–water partition coefficient (Wildman–Crippen LogP) is 1.57. The number of carbonyl (C=O) groups is 1. The van der Waals surface area contributed by atoms with Crippen molar-refractivity contribution in [1.82, 2.24) is 0 Å². The van der Waals surface area contributed by atoms with Crippen molar-refractivity contribution in [3.8, 4) is 17.6 Å². The van der Waals surface area contributed by atoms with Crippen molar-refractivity contribution in [3.63, 3.8) is 0 Å². The number of benzene rings is 2. The first-order chi connectivity index (χ1) is 11.3. The minimum absolute atomic E-state index is 0. The first-order valence-corrected chi connectivity index (χ1v) is 8.35. The number of esters is 1. The van der Waals surface area contributed by atoms with Crippen LogP contribution >= 0.6 is 0 Å². The van der Waals surface area contributed by atoms with Gasteiger partial charge >= 0.3 is 57.4 Å². The van der Waals surface area contributed by atoms with Gasteiger partial charge in [-0.05, 0) is 49.4 Å². The second-order valence-corrected chi connectivity index (χ2v) is 6.12. The molecule has 0 amide bonds. The topological polar surface area (TPSA) is 101 Å². The number of hydrogen-bond donors (Lipinski definition) is 2. The van der Waals surface area contributed by atoms with Crippen LogP contribution in [0.5, 0.6) is 5.75 Å². The van der Waals surface area contributed by atoms with Crippen LogP contribution in [0.1, 0.15) is 28.4 Å². The summed E-state index contributed by atoms with van der Waals surface area (Å²) < 4.78 is 35.7. The van der Waals surface area contributed by atoms with E-state index in [1.165, 1.54) is 42.5 Å². The van der Waals surface area contributed by atoms with Gasteiger partial charge in [0.2, 0.25) is 0 Å². The molecule has 126 valence electrons. The molecule has 0 atom stereocenters. The van der Waals surface area contributed by atoms with Crippen molar-refractivity contribution >= 4 is 67.5 Å². The number of phenols is 1. The minimum atomic E-state index is -4.24. The summed E-state index contributed by atoms with van der Waals surface area (Å²) in [5.74, 6) is 4.76. The number of ether oxygens (including phenoxy) is 1. The van der Waals surface area contributed by atoms with E-state index < -0.39 is 16.1 Å². The Hall–Kier alpha value is -1.18. The summed E-state index contributed by atoms with van der Waals surface area (Å²) in [4.78, 5) is 11.5. The van der Waals surface area contributed by atoms with Gasteiger partial charge in [0.15, 0.2) is 0 Å². The third kappa shape index (κ3) is 6.24. The molecule has 0 fully saturated rings. The molecule has 0 saturated heterocycles. The fourth-order valence-corrected chi connectivity index (χ4v) is 2.32. The van der Waals surface area contributed by atoms with E-state index in [1.54, 1.807) is 6.92 Å². The maximum atomic E-state index is 11.7. The summed E-state index contributed by atoms with van der Waals surface area (Å²) in [6.45, 7) is 1.85. The van der Waals surface area contributed by atoms with Gasteiger partial charge < -0.3 is 9.84 Å². The van der Waals surface area contributed by atoms with Gasteiger partial charge in [-0.2, -0.15) is 8.42 Å². The van der Waals surface area contributed by atoms with Gasteiger partial charge in [0, 0.05) is 11.1 Å². The quantitative estimate of drug-likeness (QED) is 0.359. The average Bonchev–Trinajstić information content (AvgIpc) is 2.54. The molecule has 8 heteroatoms. The standard InChI is InChI=1S/C17H14O6S.K.H/c1-2-23-17(19)15-11-13(7-10-16(15)18)4-3-12-5-8-14(9-6-12)24(20,21)22;;/h5-11,18H,2H2,1H3,(H,20,21,22);;. The van der Waals surface area contributed by atoms with Crippen molar-refractivity contribution in [1.29, 1.82) is 0 Å². The van der Waals surface area contributed by atoms with E-state index in [0.717, 1.165) is 0 Å². The summed E-state index contributed by atoms with van der Waals surface area (Å²) in [5, 5.41) is 9.69. The summed E-state index contributed by atoms with van der Waals surface area (Å²) in [7, 11) is -4.24. The number of phenolic OH excluding ortho intramolecular Hbond substituents is 1. The van der Waals surface area contributed by atoms with Crippen LogP contribution in [0.15, 0.2) is 47.4 Å². The zero-order valence-corrected chi connectivity index (χ0v) is 13.5. The number of hydrogen-bond acceptors (Lipinski definition) is 5. The van der Waals surface area contributed by atoms with E-state index in [4.69, 9.17) is 9.29 Å². The monoisotopic (exact) mass is 386 g/mol. The molecule has 2 rings (SSSR count). The van der Waals surface area contributed by atoms with Gasteiger partial charge in [-0.3, -0.25) is 4.55 Å². The molecule has 0 aromatic heterocycles. The summed E-state index contributed by atoms with van der Waals surface area (Å²) >= 11 is 0. The molecule has 0 unspecified atom stereocenters. The van der Waals surface area contributed by atoms with Crippen molar-refractivity contribution in [3.05, 3.63) is 59.2 Å². The molecule has 0 bridgehead atoms. The van der Waals surface area contributed by atoms with E-state index in [2.05, 4.69) is 11.8 Å². The van der Waals surface area contributed by atoms with Crippen molar-refractivity contribution < 1.29 is 27.6 Å². The molecule has 0 aliphatic carbocycles. The molecule has 0 aliphatic rings. The molecule has 0 radical (unpaired) electrons. The van der Waals surface area contributed by atoms with Crippen LogP contribution in [0.3, 0.4) is 0 Å². The van der Waals surface area contributed by atoms with Crippen molar-refractivity contribution in [2.75, 3.05) is 6.61 Å². The molecule has 2 aromatic rings. The van der Waals surface area contributed by atoms with Crippen LogP contribution in [0.4, 0.5) is 0 Å². The average molecular weight is 386 g/mol. The van der Waals surface area contributed by atoms with E-state index in [1.807, 2.05) is 0 Å². The Morgan fingerprint density at radius 1 is 1.08 bits per heavy atom. The Labute approximate surface area is 188 Å². The van der Waals surface area contributed by atoms with E-state index >= 15 is 0 Å². The molecule has 2 aromatic carbocycles. The molecular weight excluding hydrogens is 371 g/mol. The Balaban J connectivity index is 0.00000312. The summed E-state index contributed by atoms with van der Waals surface area (Å²) in [5.41, 5.74) is 1.02. The summed E-state index contributed by atoms with van der Waals surface area (Å²) in [6.07, 6.45) is 0. The molecule has 6 nitrogen and oxygen atoms in total. The first-order valence-electron chi connectivity index (χ1n) is 6.91. The number of carbonyl (C=O) groups excluding carboxylic acids is 1. The van der Waals surface area contributed by atoms with Crippen molar-refractivity contribution in [2.24, 2.45) is 0 Å². The van der Waals surface area contributed by atoms with Crippen LogP contribution in [0, 0.1) is 11.8 Å². The molecule has 0 saturated carbocycles. The first kappa shape index (κ1) is 21.9. The number of aromatic hydroxyl groups is 1. The van der Waals surface area contributed by atoms with Crippen molar-refractivity contribution in [2.45, 2.75) is 11.8 Å². The summed E-state index contributed by atoms with van der Waals surface area (Å²) in [6, 6.07) is 9.66. The molecule has 0 spiro atoms. The predicted molar refractivity (Wildman–Crippen MR) is 93.4 cm³/mol. The molecule has 25 heavy (non-hydrogen) atoms. The van der Waals surface area contributed by atoms with Crippen LogP contribution in [0.2, 0.25) is 0 Å². The normalized spacial score (nSPS) is 10.2. The van der Waals surface area contributed by atoms with Crippen LogP contribution in [-0.2, 0) is 14.9 Å². The van der Waals surface area contributed by atoms with Crippen LogP contribution in [0.25, 0.3) is 0 Å². The van der Waals surface area contributed by atoms with Gasteiger partial charge in [0.1, 0.15) is 11.3 Å².